The number of carbonyl (C=O) groups excluding carboxylic acids is 1. The van der Waals surface area contributed by atoms with E-state index in [0.717, 1.165) is 44.3 Å². The first-order valence-corrected chi connectivity index (χ1v) is 9.93. The molecule has 0 unspecified atom stereocenters. The van der Waals surface area contributed by atoms with Gasteiger partial charge in [0, 0.05) is 25.3 Å². The number of aryl methyl sites for hydroxylation is 1. The molecule has 5 nitrogen and oxygen atoms in total. The third kappa shape index (κ3) is 5.81. The maximum absolute atomic E-state index is 12.2. The molecule has 0 saturated carbocycles. The van der Waals surface area contributed by atoms with Gasteiger partial charge in [-0.25, -0.2) is 0 Å². The van der Waals surface area contributed by atoms with Crippen LogP contribution in [0.1, 0.15) is 36.5 Å². The Morgan fingerprint density at radius 3 is 2.50 bits per heavy atom. The van der Waals surface area contributed by atoms with Gasteiger partial charge in [0.15, 0.2) is 6.61 Å². The second-order valence-electron chi connectivity index (χ2n) is 7.60. The molecular weight excluding hydrogens is 352 g/mol. The van der Waals surface area contributed by atoms with Crippen molar-refractivity contribution in [3.8, 4) is 5.75 Å². The summed E-state index contributed by atoms with van der Waals surface area (Å²) in [7, 11) is 0. The number of ether oxygens (including phenoxy) is 2. The summed E-state index contributed by atoms with van der Waals surface area (Å²) >= 11 is 0. The Morgan fingerprint density at radius 1 is 1.14 bits per heavy atom. The first-order chi connectivity index (χ1) is 13.5. The van der Waals surface area contributed by atoms with Crippen LogP contribution in [0.3, 0.4) is 0 Å². The van der Waals surface area contributed by atoms with Gasteiger partial charge in [0.1, 0.15) is 5.75 Å². The van der Waals surface area contributed by atoms with Gasteiger partial charge in [-0.3, -0.25) is 9.69 Å². The highest BCUT2D eigenvalue weighted by molar-refractivity contribution is 5.91. The number of morpholine rings is 1. The number of carbonyl (C=O) groups is 1. The van der Waals surface area contributed by atoms with Crippen molar-refractivity contribution in [1.82, 2.24) is 4.90 Å². The van der Waals surface area contributed by atoms with E-state index in [1.165, 1.54) is 16.7 Å². The van der Waals surface area contributed by atoms with Crippen LogP contribution in [-0.2, 0) is 16.1 Å². The van der Waals surface area contributed by atoms with E-state index in [9.17, 15) is 4.79 Å². The van der Waals surface area contributed by atoms with Gasteiger partial charge in [0.25, 0.3) is 5.91 Å². The molecule has 0 aromatic heterocycles. The van der Waals surface area contributed by atoms with Crippen LogP contribution in [0.25, 0.3) is 0 Å². The fourth-order valence-corrected chi connectivity index (χ4v) is 3.44. The van der Waals surface area contributed by atoms with E-state index >= 15 is 0 Å². The van der Waals surface area contributed by atoms with Crippen LogP contribution in [-0.4, -0.2) is 43.7 Å². The molecule has 1 aliphatic rings. The lowest BCUT2D eigenvalue weighted by atomic mass is 9.98. The molecule has 3 rings (SSSR count). The summed E-state index contributed by atoms with van der Waals surface area (Å²) in [6.07, 6.45) is 0. The molecule has 0 radical (unpaired) electrons. The topological polar surface area (TPSA) is 50.8 Å². The fraction of sp³-hybridized carbons (Fsp3) is 0.435. The van der Waals surface area contributed by atoms with Gasteiger partial charge in [0.05, 0.1) is 13.2 Å². The van der Waals surface area contributed by atoms with Crippen LogP contribution >= 0.6 is 0 Å². The summed E-state index contributed by atoms with van der Waals surface area (Å²) in [5.74, 6) is 1.04. The minimum absolute atomic E-state index is 0.00397. The summed E-state index contributed by atoms with van der Waals surface area (Å²) in [6, 6.07) is 14.0. The van der Waals surface area contributed by atoms with Crippen molar-refractivity contribution in [3.63, 3.8) is 0 Å². The van der Waals surface area contributed by atoms with Crippen LogP contribution < -0.4 is 10.1 Å². The normalized spacial score (nSPS) is 14.9. The van der Waals surface area contributed by atoms with E-state index in [2.05, 4.69) is 49.2 Å². The first-order valence-electron chi connectivity index (χ1n) is 9.93. The molecule has 150 valence electrons. The SMILES string of the molecule is Cc1cc(OCC(=O)Nc2ccc(CN3CCOCC3)cc2)ccc1C(C)C. The molecule has 1 amide bonds. The van der Waals surface area contributed by atoms with Crippen LogP contribution in [0.15, 0.2) is 42.5 Å². The van der Waals surface area contributed by atoms with E-state index in [4.69, 9.17) is 9.47 Å². The molecule has 0 bridgehead atoms. The Balaban J connectivity index is 1.47. The second kappa shape index (κ2) is 9.71. The number of nitrogens with zero attached hydrogens (tertiary/aromatic N) is 1. The van der Waals surface area contributed by atoms with E-state index < -0.39 is 0 Å². The van der Waals surface area contributed by atoms with Gasteiger partial charge in [-0.2, -0.15) is 0 Å². The zero-order valence-electron chi connectivity index (χ0n) is 17.0. The summed E-state index contributed by atoms with van der Waals surface area (Å²) in [4.78, 5) is 14.6. The minimum Gasteiger partial charge on any atom is -0.484 e. The average molecular weight is 383 g/mol. The van der Waals surface area contributed by atoms with Gasteiger partial charge in [-0.05, 0) is 53.8 Å². The molecule has 28 heavy (non-hydrogen) atoms. The Kier molecular flexibility index (Phi) is 7.06. The van der Waals surface area contributed by atoms with E-state index in [1.807, 2.05) is 24.3 Å². The Morgan fingerprint density at radius 2 is 1.86 bits per heavy atom. The monoisotopic (exact) mass is 382 g/mol. The Labute approximate surface area is 167 Å². The van der Waals surface area contributed by atoms with Crippen LogP contribution in [0.5, 0.6) is 5.75 Å². The van der Waals surface area contributed by atoms with Crippen molar-refractivity contribution in [2.24, 2.45) is 0 Å². The number of hydrogen-bond donors (Lipinski definition) is 1. The first kappa shape index (κ1) is 20.4. The standard InChI is InChI=1S/C23H30N2O3/c1-17(2)22-9-8-21(14-18(22)3)28-16-23(26)24-20-6-4-19(5-7-20)15-25-10-12-27-13-11-25/h4-9,14,17H,10-13,15-16H2,1-3H3,(H,24,26). The van der Waals surface area contributed by atoms with Crippen molar-refractivity contribution in [2.75, 3.05) is 38.2 Å². The lowest BCUT2D eigenvalue weighted by molar-refractivity contribution is -0.118. The van der Waals surface area contributed by atoms with Crippen molar-refractivity contribution >= 4 is 11.6 Å². The van der Waals surface area contributed by atoms with E-state index in [0.29, 0.717) is 5.92 Å². The molecule has 2 aromatic rings. The largest absolute Gasteiger partial charge is 0.484 e. The lowest BCUT2D eigenvalue weighted by Gasteiger charge is -2.26. The predicted octanol–water partition coefficient (Wildman–Crippen LogP) is 3.97. The van der Waals surface area contributed by atoms with Crippen molar-refractivity contribution in [1.29, 1.82) is 0 Å². The molecule has 1 heterocycles. The summed E-state index contributed by atoms with van der Waals surface area (Å²) in [5.41, 5.74) is 4.50. The van der Waals surface area contributed by atoms with Crippen LogP contribution in [0, 0.1) is 6.92 Å². The molecule has 5 heteroatoms. The zero-order valence-corrected chi connectivity index (χ0v) is 17.0. The number of benzene rings is 2. The highest BCUT2D eigenvalue weighted by Gasteiger charge is 2.11. The fourth-order valence-electron chi connectivity index (χ4n) is 3.44. The number of amides is 1. The molecule has 2 aromatic carbocycles. The zero-order chi connectivity index (χ0) is 19.9. The lowest BCUT2D eigenvalue weighted by Crippen LogP contribution is -2.35. The van der Waals surface area contributed by atoms with Crippen molar-refractivity contribution in [3.05, 3.63) is 59.2 Å². The molecular formula is C23H30N2O3. The van der Waals surface area contributed by atoms with E-state index in [-0.39, 0.29) is 12.5 Å². The number of anilines is 1. The summed E-state index contributed by atoms with van der Waals surface area (Å²) in [5, 5.41) is 2.89. The van der Waals surface area contributed by atoms with Crippen molar-refractivity contribution < 1.29 is 14.3 Å². The quantitative estimate of drug-likeness (QED) is 0.787. The molecule has 1 saturated heterocycles. The maximum Gasteiger partial charge on any atom is 0.262 e. The predicted molar refractivity (Wildman–Crippen MR) is 112 cm³/mol. The second-order valence-corrected chi connectivity index (χ2v) is 7.60. The molecule has 0 spiro atoms. The van der Waals surface area contributed by atoms with Gasteiger partial charge in [-0.15, -0.1) is 0 Å². The molecule has 1 N–H and O–H groups in total. The number of hydrogen-bond acceptors (Lipinski definition) is 4. The van der Waals surface area contributed by atoms with Gasteiger partial charge < -0.3 is 14.8 Å². The third-order valence-corrected chi connectivity index (χ3v) is 4.98. The third-order valence-electron chi connectivity index (χ3n) is 4.98. The summed E-state index contributed by atoms with van der Waals surface area (Å²) in [6.45, 7) is 10.8. The molecule has 0 atom stereocenters. The Hall–Kier alpha value is -2.37. The molecule has 1 fully saturated rings. The highest BCUT2D eigenvalue weighted by Crippen LogP contribution is 2.23. The van der Waals surface area contributed by atoms with Gasteiger partial charge in [-0.1, -0.05) is 32.0 Å². The molecule has 0 aliphatic carbocycles. The van der Waals surface area contributed by atoms with Gasteiger partial charge in [0.2, 0.25) is 0 Å². The maximum atomic E-state index is 12.2. The van der Waals surface area contributed by atoms with Crippen LogP contribution in [0.4, 0.5) is 5.69 Å². The minimum atomic E-state index is -0.161. The smallest absolute Gasteiger partial charge is 0.262 e. The number of rotatable bonds is 7. The Bertz CT molecular complexity index is 781. The van der Waals surface area contributed by atoms with Crippen LogP contribution in [0.2, 0.25) is 0 Å². The van der Waals surface area contributed by atoms with Crippen molar-refractivity contribution in [2.45, 2.75) is 33.2 Å². The average Bonchev–Trinajstić information content (AvgIpc) is 2.68. The highest BCUT2D eigenvalue weighted by atomic mass is 16.5. The molecule has 1 aliphatic heterocycles. The summed E-state index contributed by atoms with van der Waals surface area (Å²) < 4.78 is 11.0. The number of nitrogens with one attached hydrogen (secondary N) is 1. The van der Waals surface area contributed by atoms with E-state index in [1.54, 1.807) is 0 Å². The van der Waals surface area contributed by atoms with Gasteiger partial charge >= 0.3 is 0 Å².